The molecular weight excluding hydrogens is 236 g/mol. The third kappa shape index (κ3) is 3.10. The molecule has 0 aromatic carbocycles. The molecule has 2 aromatic heterocycles. The second-order valence-corrected chi connectivity index (χ2v) is 4.47. The zero-order valence-electron chi connectivity index (χ0n) is 9.42. The average Bonchev–Trinajstić information content (AvgIpc) is 2.76. The van der Waals surface area contributed by atoms with Crippen LogP contribution in [0.5, 0.6) is 5.75 Å². The first-order chi connectivity index (χ1) is 8.29. The zero-order valence-corrected chi connectivity index (χ0v) is 10.2. The van der Waals surface area contributed by atoms with Crippen LogP contribution in [-0.2, 0) is 6.42 Å². The highest BCUT2D eigenvalue weighted by Gasteiger charge is 2.02. The maximum atomic E-state index is 10.6. The van der Waals surface area contributed by atoms with Gasteiger partial charge in [-0.3, -0.25) is 9.78 Å². The van der Waals surface area contributed by atoms with Gasteiger partial charge in [-0.25, -0.2) is 4.98 Å². The highest BCUT2D eigenvalue weighted by Crippen LogP contribution is 2.14. The predicted octanol–water partition coefficient (Wildman–Crippen LogP) is 2.28. The van der Waals surface area contributed by atoms with Crippen LogP contribution >= 0.6 is 11.3 Å². The van der Waals surface area contributed by atoms with Gasteiger partial charge in [0.15, 0.2) is 6.29 Å². The smallest absolute Gasteiger partial charge is 0.151 e. The highest BCUT2D eigenvalue weighted by atomic mass is 32.1. The van der Waals surface area contributed by atoms with Gasteiger partial charge in [-0.2, -0.15) is 0 Å². The number of nitrogens with zero attached hydrogens (tertiary/aromatic N) is 2. The van der Waals surface area contributed by atoms with Crippen molar-refractivity contribution in [2.24, 2.45) is 0 Å². The van der Waals surface area contributed by atoms with Crippen LogP contribution in [0.4, 0.5) is 0 Å². The van der Waals surface area contributed by atoms with Crippen molar-refractivity contribution in [2.45, 2.75) is 13.3 Å². The molecular formula is C12H12N2O2S. The van der Waals surface area contributed by atoms with Gasteiger partial charge in [0.05, 0.1) is 24.0 Å². The van der Waals surface area contributed by atoms with Crippen molar-refractivity contribution in [1.29, 1.82) is 0 Å². The molecule has 0 radical (unpaired) electrons. The van der Waals surface area contributed by atoms with E-state index in [9.17, 15) is 4.79 Å². The number of thiazole rings is 1. The van der Waals surface area contributed by atoms with Crippen LogP contribution in [0.2, 0.25) is 0 Å². The second kappa shape index (κ2) is 5.54. The van der Waals surface area contributed by atoms with Crippen molar-refractivity contribution in [2.75, 3.05) is 6.61 Å². The third-order valence-electron chi connectivity index (χ3n) is 2.31. The molecule has 0 unspecified atom stereocenters. The summed E-state index contributed by atoms with van der Waals surface area (Å²) in [4.78, 5) is 19.9. The summed E-state index contributed by atoms with van der Waals surface area (Å²) >= 11 is 1.63. The molecule has 0 N–H and O–H groups in total. The van der Waals surface area contributed by atoms with Crippen LogP contribution in [0.25, 0.3) is 0 Å². The monoisotopic (exact) mass is 248 g/mol. The van der Waals surface area contributed by atoms with Gasteiger partial charge in [-0.1, -0.05) is 0 Å². The maximum Gasteiger partial charge on any atom is 0.151 e. The van der Waals surface area contributed by atoms with Gasteiger partial charge < -0.3 is 4.74 Å². The minimum absolute atomic E-state index is 0.525. The SMILES string of the molecule is Cc1ncsc1CCOc1cncc(C=O)c1. The Balaban J connectivity index is 1.90. The lowest BCUT2D eigenvalue weighted by Crippen LogP contribution is -2.01. The molecule has 2 rings (SSSR count). The number of rotatable bonds is 5. The lowest BCUT2D eigenvalue weighted by molar-refractivity contribution is 0.112. The van der Waals surface area contributed by atoms with Gasteiger partial charge in [0.25, 0.3) is 0 Å². The van der Waals surface area contributed by atoms with Crippen molar-refractivity contribution in [3.8, 4) is 5.75 Å². The minimum Gasteiger partial charge on any atom is -0.492 e. The summed E-state index contributed by atoms with van der Waals surface area (Å²) < 4.78 is 5.53. The Labute approximate surface area is 103 Å². The first-order valence-corrected chi connectivity index (χ1v) is 6.09. The predicted molar refractivity (Wildman–Crippen MR) is 65.7 cm³/mol. The van der Waals surface area contributed by atoms with Gasteiger partial charge in [-0.15, -0.1) is 11.3 Å². The fourth-order valence-corrected chi connectivity index (χ4v) is 2.17. The lowest BCUT2D eigenvalue weighted by atomic mass is 10.3. The van der Waals surface area contributed by atoms with Crippen LogP contribution in [0, 0.1) is 6.92 Å². The molecule has 0 spiro atoms. The van der Waals surface area contributed by atoms with Gasteiger partial charge in [0.1, 0.15) is 5.75 Å². The molecule has 0 fully saturated rings. The topological polar surface area (TPSA) is 52.1 Å². The molecule has 0 aliphatic carbocycles. The Morgan fingerprint density at radius 3 is 3.06 bits per heavy atom. The third-order valence-corrected chi connectivity index (χ3v) is 3.31. The van der Waals surface area contributed by atoms with Crippen LogP contribution in [0.3, 0.4) is 0 Å². The van der Waals surface area contributed by atoms with Crippen LogP contribution in [0.1, 0.15) is 20.9 Å². The number of aromatic nitrogens is 2. The van der Waals surface area contributed by atoms with Crippen molar-refractivity contribution < 1.29 is 9.53 Å². The number of carbonyl (C=O) groups excluding carboxylic acids is 1. The molecule has 2 aromatic rings. The van der Waals surface area contributed by atoms with E-state index in [1.807, 2.05) is 12.4 Å². The standard InChI is InChI=1S/C12H12N2O2S/c1-9-12(17-8-14-9)2-3-16-11-4-10(7-15)5-13-6-11/h4-8H,2-3H2,1H3. The number of ether oxygens (including phenoxy) is 1. The summed E-state index contributed by atoms with van der Waals surface area (Å²) in [5, 5.41) is 0. The van der Waals surface area contributed by atoms with Gasteiger partial charge >= 0.3 is 0 Å². The van der Waals surface area contributed by atoms with E-state index in [0.717, 1.165) is 18.4 Å². The Bertz CT molecular complexity index is 511. The summed E-state index contributed by atoms with van der Waals surface area (Å²) in [6.45, 7) is 2.55. The molecule has 0 saturated carbocycles. The summed E-state index contributed by atoms with van der Waals surface area (Å²) in [5.41, 5.74) is 3.41. The minimum atomic E-state index is 0.525. The molecule has 0 atom stereocenters. The number of aldehydes is 1. The van der Waals surface area contributed by atoms with Crippen LogP contribution < -0.4 is 4.74 Å². The lowest BCUT2D eigenvalue weighted by Gasteiger charge is -2.05. The summed E-state index contributed by atoms with van der Waals surface area (Å²) in [5.74, 6) is 0.622. The van der Waals surface area contributed by atoms with Crippen molar-refractivity contribution in [3.05, 3.63) is 40.1 Å². The number of hydrogen-bond donors (Lipinski definition) is 0. The van der Waals surface area contributed by atoms with E-state index in [1.165, 1.54) is 11.1 Å². The van der Waals surface area contributed by atoms with Crippen molar-refractivity contribution in [3.63, 3.8) is 0 Å². The average molecular weight is 248 g/mol. The van der Waals surface area contributed by atoms with Crippen LogP contribution in [0.15, 0.2) is 24.0 Å². The quantitative estimate of drug-likeness (QED) is 0.762. The number of pyridine rings is 1. The highest BCUT2D eigenvalue weighted by molar-refractivity contribution is 7.09. The van der Waals surface area contributed by atoms with Gasteiger partial charge in [0, 0.05) is 23.1 Å². The largest absolute Gasteiger partial charge is 0.492 e. The molecule has 0 aliphatic rings. The van der Waals surface area contributed by atoms with Crippen molar-refractivity contribution in [1.82, 2.24) is 9.97 Å². The van der Waals surface area contributed by atoms with E-state index in [-0.39, 0.29) is 0 Å². The molecule has 4 nitrogen and oxygen atoms in total. The van der Waals surface area contributed by atoms with E-state index in [0.29, 0.717) is 17.9 Å². The first kappa shape index (κ1) is 11.7. The van der Waals surface area contributed by atoms with E-state index >= 15 is 0 Å². The molecule has 2 heterocycles. The molecule has 0 bridgehead atoms. The Kier molecular flexibility index (Phi) is 3.82. The molecule has 0 saturated heterocycles. The molecule has 0 amide bonds. The van der Waals surface area contributed by atoms with Gasteiger partial charge in [-0.05, 0) is 13.0 Å². The number of carbonyl (C=O) groups is 1. The summed E-state index contributed by atoms with van der Waals surface area (Å²) in [6.07, 6.45) is 4.69. The second-order valence-electron chi connectivity index (χ2n) is 3.53. The van der Waals surface area contributed by atoms with Crippen LogP contribution in [-0.4, -0.2) is 22.9 Å². The molecule has 0 aliphatic heterocycles. The Morgan fingerprint density at radius 1 is 1.47 bits per heavy atom. The Hall–Kier alpha value is -1.75. The zero-order chi connectivity index (χ0) is 12.1. The molecule has 5 heteroatoms. The number of aryl methyl sites for hydroxylation is 1. The molecule has 17 heavy (non-hydrogen) atoms. The maximum absolute atomic E-state index is 10.6. The normalized spacial score (nSPS) is 10.2. The van der Waals surface area contributed by atoms with E-state index < -0.39 is 0 Å². The van der Waals surface area contributed by atoms with Crippen molar-refractivity contribution >= 4 is 17.6 Å². The van der Waals surface area contributed by atoms with Gasteiger partial charge in [0.2, 0.25) is 0 Å². The summed E-state index contributed by atoms with van der Waals surface area (Å²) in [7, 11) is 0. The molecule has 88 valence electrons. The number of hydrogen-bond acceptors (Lipinski definition) is 5. The fourth-order valence-electron chi connectivity index (χ4n) is 1.41. The van der Waals surface area contributed by atoms with E-state index in [2.05, 4.69) is 9.97 Å². The van der Waals surface area contributed by atoms with E-state index in [1.54, 1.807) is 23.6 Å². The van der Waals surface area contributed by atoms with E-state index in [4.69, 9.17) is 4.74 Å². The Morgan fingerprint density at radius 2 is 2.35 bits per heavy atom. The fraction of sp³-hybridized carbons (Fsp3) is 0.250. The summed E-state index contributed by atoms with van der Waals surface area (Å²) in [6, 6.07) is 1.68. The first-order valence-electron chi connectivity index (χ1n) is 5.21.